The number of nitrogens with one attached hydrogen (secondary N) is 1. The van der Waals surface area contributed by atoms with Crippen LogP contribution in [0.5, 0.6) is 0 Å². The Labute approximate surface area is 192 Å². The van der Waals surface area contributed by atoms with Gasteiger partial charge in [-0.05, 0) is 51.0 Å². The number of rotatable bonds is 5. The van der Waals surface area contributed by atoms with E-state index in [9.17, 15) is 18.0 Å². The number of fused-ring (bicyclic) bond motifs is 1. The number of nitrogens with zero attached hydrogens (tertiary/aromatic N) is 3. The average molecular weight is 477 g/mol. The zero-order valence-corrected chi connectivity index (χ0v) is 20.3. The first kappa shape index (κ1) is 22.9. The van der Waals surface area contributed by atoms with Crippen molar-refractivity contribution in [3.63, 3.8) is 0 Å². The van der Waals surface area contributed by atoms with Gasteiger partial charge in [-0.25, -0.2) is 13.4 Å². The summed E-state index contributed by atoms with van der Waals surface area (Å²) in [6.07, 6.45) is 0.681. The third kappa shape index (κ3) is 4.31. The zero-order chi connectivity index (χ0) is 23.2. The molecule has 0 aliphatic carbocycles. The Hall–Kier alpha value is -2.30. The topological polar surface area (TPSA) is 99.7 Å². The number of aryl methyl sites for hydroxylation is 2. The molecule has 0 radical (unpaired) electrons. The molecule has 32 heavy (non-hydrogen) atoms. The second-order valence-electron chi connectivity index (χ2n) is 8.73. The van der Waals surface area contributed by atoms with Crippen LogP contribution in [0.2, 0.25) is 0 Å². The number of hydrogen-bond donors (Lipinski definition) is 1. The summed E-state index contributed by atoms with van der Waals surface area (Å²) in [5.74, 6) is -0.758. The van der Waals surface area contributed by atoms with Crippen LogP contribution in [-0.4, -0.2) is 47.9 Å². The van der Waals surface area contributed by atoms with Crippen molar-refractivity contribution in [1.29, 1.82) is 0 Å². The van der Waals surface area contributed by atoms with Crippen LogP contribution in [0.25, 0.3) is 0 Å². The molecule has 2 aliphatic heterocycles. The Bertz CT molecular complexity index is 1170. The third-order valence-corrected chi connectivity index (χ3v) is 9.40. The van der Waals surface area contributed by atoms with Gasteiger partial charge in [0.15, 0.2) is 5.13 Å². The molecule has 0 saturated carbocycles. The van der Waals surface area contributed by atoms with Crippen molar-refractivity contribution in [1.82, 2.24) is 9.29 Å². The molecular formula is C22H28N4O4S2. The van der Waals surface area contributed by atoms with Gasteiger partial charge in [-0.15, -0.1) is 11.3 Å². The summed E-state index contributed by atoms with van der Waals surface area (Å²) in [5, 5.41) is 2.84. The van der Waals surface area contributed by atoms with Crippen molar-refractivity contribution >= 4 is 44.0 Å². The highest BCUT2D eigenvalue weighted by Crippen LogP contribution is 2.32. The maximum absolute atomic E-state index is 12.9. The van der Waals surface area contributed by atoms with E-state index in [1.165, 1.54) is 15.6 Å². The smallest absolute Gasteiger partial charge is 0.231 e. The Balaban J connectivity index is 1.43. The minimum Gasteiger partial charge on any atom is -0.312 e. The third-order valence-electron chi connectivity index (χ3n) is 6.18. The van der Waals surface area contributed by atoms with E-state index in [1.807, 2.05) is 32.0 Å². The molecule has 2 amide bonds. The largest absolute Gasteiger partial charge is 0.312 e. The van der Waals surface area contributed by atoms with Gasteiger partial charge in [-0.2, -0.15) is 4.31 Å². The predicted molar refractivity (Wildman–Crippen MR) is 125 cm³/mol. The maximum atomic E-state index is 12.9. The van der Waals surface area contributed by atoms with E-state index in [0.717, 1.165) is 27.4 Å². The summed E-state index contributed by atoms with van der Waals surface area (Å²) in [4.78, 5) is 32.4. The fourth-order valence-corrected chi connectivity index (χ4v) is 6.33. The molecular weight excluding hydrogens is 448 g/mol. The predicted octanol–water partition coefficient (Wildman–Crippen LogP) is 2.85. The van der Waals surface area contributed by atoms with Gasteiger partial charge in [0.05, 0.1) is 16.9 Å². The minimum atomic E-state index is -3.33. The van der Waals surface area contributed by atoms with Gasteiger partial charge >= 0.3 is 0 Å². The van der Waals surface area contributed by atoms with Crippen molar-refractivity contribution in [2.45, 2.75) is 52.3 Å². The second kappa shape index (κ2) is 8.57. The van der Waals surface area contributed by atoms with Gasteiger partial charge in [0.2, 0.25) is 21.8 Å². The first-order valence-corrected chi connectivity index (χ1v) is 13.0. The summed E-state index contributed by atoms with van der Waals surface area (Å²) in [5.41, 5.74) is 3.90. The van der Waals surface area contributed by atoms with E-state index < -0.39 is 21.2 Å². The minimum absolute atomic E-state index is 0.0682. The molecule has 2 aromatic rings. The van der Waals surface area contributed by atoms with E-state index in [4.69, 9.17) is 0 Å². The van der Waals surface area contributed by atoms with E-state index in [0.29, 0.717) is 24.6 Å². The standard InChI is InChI=1S/C22H28N4O4S2/c1-13(2)32(29,30)25-8-7-18-19(12-25)31-22(23-18)24-21(28)16-10-20(27)26(11-16)17-6-5-14(3)15(4)9-17/h5-6,9,13,16H,7-8,10-12H2,1-4H3,(H,23,24,28). The van der Waals surface area contributed by atoms with E-state index in [2.05, 4.69) is 10.3 Å². The molecule has 1 atom stereocenters. The highest BCUT2D eigenvalue weighted by atomic mass is 32.2. The van der Waals surface area contributed by atoms with Gasteiger partial charge < -0.3 is 10.2 Å². The molecule has 8 nitrogen and oxygen atoms in total. The molecule has 2 aliphatic rings. The molecule has 1 saturated heterocycles. The Morgan fingerprint density at radius 2 is 2.00 bits per heavy atom. The zero-order valence-electron chi connectivity index (χ0n) is 18.7. The molecule has 1 fully saturated rings. The molecule has 4 rings (SSSR count). The number of sulfonamides is 1. The number of carbonyl (C=O) groups excluding carboxylic acids is 2. The van der Waals surface area contributed by atoms with Crippen molar-refractivity contribution in [2.75, 3.05) is 23.3 Å². The number of benzene rings is 1. The normalized spacial score (nSPS) is 19.5. The van der Waals surface area contributed by atoms with Crippen LogP contribution in [0.3, 0.4) is 0 Å². The quantitative estimate of drug-likeness (QED) is 0.715. The average Bonchev–Trinajstić information content (AvgIpc) is 3.32. The molecule has 1 aromatic heterocycles. The SMILES string of the molecule is Cc1ccc(N2CC(C(=O)Nc3nc4c(s3)CN(S(=O)(=O)C(C)C)CC4)CC2=O)cc1C. The van der Waals surface area contributed by atoms with Crippen LogP contribution in [0, 0.1) is 19.8 Å². The van der Waals surface area contributed by atoms with E-state index in [1.54, 1.807) is 18.7 Å². The van der Waals surface area contributed by atoms with Crippen LogP contribution in [0.15, 0.2) is 18.2 Å². The van der Waals surface area contributed by atoms with Gasteiger partial charge in [-0.3, -0.25) is 9.59 Å². The second-order valence-corrected chi connectivity index (χ2v) is 12.3. The highest BCUT2D eigenvalue weighted by Gasteiger charge is 2.36. The van der Waals surface area contributed by atoms with Crippen molar-refractivity contribution < 1.29 is 18.0 Å². The molecule has 10 heteroatoms. The van der Waals surface area contributed by atoms with Gasteiger partial charge in [0, 0.05) is 43.0 Å². The van der Waals surface area contributed by atoms with Crippen molar-refractivity contribution in [3.05, 3.63) is 39.9 Å². The number of aromatic nitrogens is 1. The lowest BCUT2D eigenvalue weighted by molar-refractivity contribution is -0.122. The van der Waals surface area contributed by atoms with Crippen LogP contribution in [0.1, 0.15) is 42.0 Å². The number of thiazole rings is 1. The van der Waals surface area contributed by atoms with Gasteiger partial charge in [0.1, 0.15) is 0 Å². The lowest BCUT2D eigenvalue weighted by Gasteiger charge is -2.26. The lowest BCUT2D eigenvalue weighted by atomic mass is 10.1. The van der Waals surface area contributed by atoms with E-state index in [-0.39, 0.29) is 24.8 Å². The summed E-state index contributed by atoms with van der Waals surface area (Å²) < 4.78 is 26.4. The highest BCUT2D eigenvalue weighted by molar-refractivity contribution is 7.89. The summed E-state index contributed by atoms with van der Waals surface area (Å²) in [6.45, 7) is 8.38. The van der Waals surface area contributed by atoms with Crippen molar-refractivity contribution in [2.24, 2.45) is 5.92 Å². The summed E-state index contributed by atoms with van der Waals surface area (Å²) in [7, 11) is -3.33. The number of amides is 2. The molecule has 0 spiro atoms. The first-order chi connectivity index (χ1) is 15.1. The Kier molecular flexibility index (Phi) is 6.12. The Morgan fingerprint density at radius 1 is 1.25 bits per heavy atom. The van der Waals surface area contributed by atoms with Crippen LogP contribution < -0.4 is 10.2 Å². The molecule has 3 heterocycles. The van der Waals surface area contributed by atoms with Crippen LogP contribution >= 0.6 is 11.3 Å². The fourth-order valence-electron chi connectivity index (χ4n) is 3.97. The monoisotopic (exact) mass is 476 g/mol. The molecule has 1 N–H and O–H groups in total. The number of hydrogen-bond acceptors (Lipinski definition) is 6. The number of anilines is 2. The van der Waals surface area contributed by atoms with Crippen LogP contribution in [0.4, 0.5) is 10.8 Å². The van der Waals surface area contributed by atoms with Gasteiger partial charge in [0.25, 0.3) is 0 Å². The molecule has 0 bridgehead atoms. The molecule has 1 aromatic carbocycles. The molecule has 172 valence electrons. The lowest BCUT2D eigenvalue weighted by Crippen LogP contribution is -2.39. The summed E-state index contributed by atoms with van der Waals surface area (Å²) in [6, 6.07) is 5.86. The maximum Gasteiger partial charge on any atom is 0.231 e. The van der Waals surface area contributed by atoms with Gasteiger partial charge in [-0.1, -0.05) is 6.07 Å². The Morgan fingerprint density at radius 3 is 2.69 bits per heavy atom. The van der Waals surface area contributed by atoms with Crippen molar-refractivity contribution in [3.8, 4) is 0 Å². The fraction of sp³-hybridized carbons (Fsp3) is 0.500. The van der Waals surface area contributed by atoms with E-state index >= 15 is 0 Å². The summed E-state index contributed by atoms with van der Waals surface area (Å²) >= 11 is 1.31. The molecule has 1 unspecified atom stereocenters. The first-order valence-electron chi connectivity index (χ1n) is 10.7. The van der Waals surface area contributed by atoms with Crippen LogP contribution in [-0.2, 0) is 32.6 Å². The number of carbonyl (C=O) groups is 2.